The molecule has 0 aromatic heterocycles. The van der Waals surface area contributed by atoms with E-state index in [4.69, 9.17) is 0 Å². The van der Waals surface area contributed by atoms with Crippen LogP contribution in [0.25, 0.3) is 0 Å². The maximum absolute atomic E-state index is 12.8. The quantitative estimate of drug-likeness (QED) is 0.478. The molecule has 11 unspecified atom stereocenters. The Balaban J connectivity index is 1.55. The number of hydrogen-bond donors (Lipinski definition) is 2. The molecule has 0 saturated heterocycles. The molecule has 0 aromatic carbocycles. The lowest BCUT2D eigenvalue weighted by atomic mass is 9.30. The zero-order valence-corrected chi connectivity index (χ0v) is 22.5. The molecule has 2 N–H and O–H groups in total. The van der Waals surface area contributed by atoms with Crippen molar-refractivity contribution in [3.63, 3.8) is 0 Å². The third kappa shape index (κ3) is 2.90. The molecular weight excluding hydrogens is 408 g/mol. The molecule has 33 heavy (non-hydrogen) atoms. The van der Waals surface area contributed by atoms with Crippen LogP contribution in [0.15, 0.2) is 0 Å². The Morgan fingerprint density at radius 2 is 1.39 bits per heavy atom. The van der Waals surface area contributed by atoms with E-state index < -0.39 is 6.10 Å². The first kappa shape index (κ1) is 24.3. The van der Waals surface area contributed by atoms with Gasteiger partial charge in [0, 0.05) is 12.5 Å². The fraction of sp³-hybridized carbons (Fsp3) is 0.967. The zero-order valence-electron chi connectivity index (χ0n) is 22.5. The van der Waals surface area contributed by atoms with Crippen LogP contribution >= 0.6 is 0 Å². The summed E-state index contributed by atoms with van der Waals surface area (Å²) >= 11 is 0. The molecule has 5 fully saturated rings. The van der Waals surface area contributed by atoms with Crippen LogP contribution in [0.3, 0.4) is 0 Å². The topological polar surface area (TPSA) is 57.5 Å². The minimum atomic E-state index is -0.770. The molecule has 5 aliphatic rings. The van der Waals surface area contributed by atoms with Crippen LogP contribution in [0.5, 0.6) is 0 Å². The zero-order chi connectivity index (χ0) is 24.2. The van der Waals surface area contributed by atoms with Gasteiger partial charge in [-0.15, -0.1) is 0 Å². The van der Waals surface area contributed by atoms with Crippen LogP contribution in [0.1, 0.15) is 113 Å². The monoisotopic (exact) mass is 458 g/mol. The van der Waals surface area contributed by atoms with Crippen LogP contribution in [0, 0.1) is 56.2 Å². The van der Waals surface area contributed by atoms with E-state index >= 15 is 0 Å². The molecule has 0 amide bonds. The Morgan fingerprint density at radius 3 is 2.06 bits per heavy atom. The molecule has 5 saturated carbocycles. The number of aliphatic hydroxyl groups excluding tert-OH is 2. The lowest BCUT2D eigenvalue weighted by molar-refractivity contribution is -0.261. The van der Waals surface area contributed by atoms with E-state index in [-0.39, 0.29) is 33.4 Å². The Labute approximate surface area is 202 Å². The number of fused-ring (bicyclic) bond motifs is 7. The lowest BCUT2D eigenvalue weighted by Gasteiger charge is -2.75. The van der Waals surface area contributed by atoms with Crippen molar-refractivity contribution >= 4 is 5.78 Å². The second-order valence-corrected chi connectivity index (χ2v) is 15.2. The van der Waals surface area contributed by atoms with E-state index in [1.165, 1.54) is 44.9 Å². The van der Waals surface area contributed by atoms with Crippen molar-refractivity contribution in [3.05, 3.63) is 0 Å². The van der Waals surface area contributed by atoms with Crippen molar-refractivity contribution in [3.8, 4) is 0 Å². The summed E-state index contributed by atoms with van der Waals surface area (Å²) in [6.07, 6.45) is 10.9. The summed E-state index contributed by atoms with van der Waals surface area (Å²) in [5.74, 6) is 1.80. The number of Topliss-reactive ketones (excluding diaryl/α,β-unsaturated/α-hetero) is 1. The largest absolute Gasteiger partial charge is 0.396 e. The highest BCUT2D eigenvalue weighted by Crippen LogP contribution is 2.78. The molecule has 0 aromatic rings. The Bertz CT molecular complexity index is 838. The molecule has 188 valence electrons. The highest BCUT2D eigenvalue weighted by molar-refractivity contribution is 5.86. The number of rotatable bonds is 1. The van der Waals surface area contributed by atoms with Crippen molar-refractivity contribution in [1.29, 1.82) is 0 Å². The molecule has 0 bridgehead atoms. The van der Waals surface area contributed by atoms with Gasteiger partial charge in [-0.1, -0.05) is 48.5 Å². The first-order valence-corrected chi connectivity index (χ1v) is 14.0. The normalized spacial score (nSPS) is 60.9. The van der Waals surface area contributed by atoms with Gasteiger partial charge in [0.1, 0.15) is 6.10 Å². The van der Waals surface area contributed by atoms with Gasteiger partial charge in [-0.3, -0.25) is 4.79 Å². The average Bonchev–Trinajstić information content (AvgIpc) is 2.77. The molecule has 5 rings (SSSR count). The van der Waals surface area contributed by atoms with E-state index in [0.717, 1.165) is 12.8 Å². The van der Waals surface area contributed by atoms with E-state index in [0.29, 0.717) is 41.6 Å². The lowest BCUT2D eigenvalue weighted by Crippen LogP contribution is -2.68. The van der Waals surface area contributed by atoms with Crippen molar-refractivity contribution in [2.45, 2.75) is 119 Å². The Kier molecular flexibility index (Phi) is 5.22. The molecule has 11 atom stereocenters. The second kappa shape index (κ2) is 7.09. The summed E-state index contributed by atoms with van der Waals surface area (Å²) < 4.78 is 0. The summed E-state index contributed by atoms with van der Waals surface area (Å²) in [6.45, 7) is 17.5. The minimum Gasteiger partial charge on any atom is -0.396 e. The minimum absolute atomic E-state index is 0.0230. The summed E-state index contributed by atoms with van der Waals surface area (Å²) in [4.78, 5) is 12.8. The van der Waals surface area contributed by atoms with Gasteiger partial charge in [0.05, 0.1) is 0 Å². The van der Waals surface area contributed by atoms with Crippen LogP contribution in [0.2, 0.25) is 0 Å². The molecule has 0 aliphatic heterocycles. The average molecular weight is 459 g/mol. The van der Waals surface area contributed by atoms with Crippen LogP contribution in [-0.2, 0) is 4.79 Å². The van der Waals surface area contributed by atoms with Gasteiger partial charge < -0.3 is 10.2 Å². The van der Waals surface area contributed by atoms with Gasteiger partial charge >= 0.3 is 0 Å². The molecule has 0 spiro atoms. The maximum Gasteiger partial charge on any atom is 0.164 e. The second-order valence-electron chi connectivity index (χ2n) is 15.2. The molecule has 3 heteroatoms. The van der Waals surface area contributed by atoms with Crippen molar-refractivity contribution < 1.29 is 15.0 Å². The summed E-state index contributed by atoms with van der Waals surface area (Å²) in [5, 5.41) is 21.0. The maximum atomic E-state index is 12.8. The first-order valence-electron chi connectivity index (χ1n) is 14.0. The predicted molar refractivity (Wildman–Crippen MR) is 133 cm³/mol. The summed E-state index contributed by atoms with van der Waals surface area (Å²) in [6, 6.07) is 0. The number of ketones is 1. The van der Waals surface area contributed by atoms with E-state index in [9.17, 15) is 15.0 Å². The molecule has 3 nitrogen and oxygen atoms in total. The van der Waals surface area contributed by atoms with Crippen LogP contribution < -0.4 is 0 Å². The molecule has 0 radical (unpaired) electrons. The number of aliphatic hydroxyl groups is 2. The van der Waals surface area contributed by atoms with Gasteiger partial charge in [-0.05, 0) is 114 Å². The third-order valence-electron chi connectivity index (χ3n) is 14.0. The molecule has 5 aliphatic carbocycles. The smallest absolute Gasteiger partial charge is 0.164 e. The fourth-order valence-corrected chi connectivity index (χ4v) is 11.2. The van der Waals surface area contributed by atoms with E-state index in [1.807, 2.05) is 0 Å². The molecular formula is C30H50O3. The number of hydrogen-bond acceptors (Lipinski definition) is 3. The summed E-state index contributed by atoms with van der Waals surface area (Å²) in [5.41, 5.74) is 1.27. The van der Waals surface area contributed by atoms with E-state index in [2.05, 4.69) is 48.5 Å². The Morgan fingerprint density at radius 1 is 0.788 bits per heavy atom. The van der Waals surface area contributed by atoms with Gasteiger partial charge in [0.25, 0.3) is 0 Å². The van der Waals surface area contributed by atoms with Crippen molar-refractivity contribution in [2.24, 2.45) is 56.2 Å². The Hall–Kier alpha value is -0.410. The standard InChI is InChI=1S/C30H50O3/c1-19-24(33)20(32)16-22-27(19,4)9-8-21-28(22,5)13-15-30(7)23-17-25(2,18-31)10-11-26(23,3)12-14-29(21,30)6/h19-23,31-32H,8-18H2,1-7H3. The summed E-state index contributed by atoms with van der Waals surface area (Å²) in [7, 11) is 0. The number of carbonyl (C=O) groups excluding carboxylic acids is 1. The van der Waals surface area contributed by atoms with Gasteiger partial charge in [-0.2, -0.15) is 0 Å². The van der Waals surface area contributed by atoms with Gasteiger partial charge in [-0.25, -0.2) is 0 Å². The van der Waals surface area contributed by atoms with Gasteiger partial charge in [0.15, 0.2) is 5.78 Å². The predicted octanol–water partition coefficient (Wildman–Crippen LogP) is 6.40. The SMILES string of the molecule is CC1C(=O)C(O)CC2C1(C)CCC1C2(C)CCC2(C)C3CC(C)(CO)CCC3(C)CCC12C. The highest BCUT2D eigenvalue weighted by atomic mass is 16.3. The fourth-order valence-electron chi connectivity index (χ4n) is 11.2. The number of carbonyl (C=O) groups is 1. The first-order chi connectivity index (χ1) is 15.2. The van der Waals surface area contributed by atoms with Crippen molar-refractivity contribution in [1.82, 2.24) is 0 Å². The third-order valence-corrected chi connectivity index (χ3v) is 14.0. The van der Waals surface area contributed by atoms with Gasteiger partial charge in [0.2, 0.25) is 0 Å². The molecule has 0 heterocycles. The van der Waals surface area contributed by atoms with Crippen LogP contribution in [-0.4, -0.2) is 28.7 Å². The van der Waals surface area contributed by atoms with Crippen LogP contribution in [0.4, 0.5) is 0 Å². The van der Waals surface area contributed by atoms with Crippen molar-refractivity contribution in [2.75, 3.05) is 6.61 Å². The highest BCUT2D eigenvalue weighted by Gasteiger charge is 2.71. The van der Waals surface area contributed by atoms with E-state index in [1.54, 1.807) is 0 Å².